The zero-order valence-electron chi connectivity index (χ0n) is 19.1. The number of carbonyl (C=O) groups excluding carboxylic acids is 2. The Labute approximate surface area is 194 Å². The minimum Gasteiger partial charge on any atom is -0.497 e. The Balaban J connectivity index is 1.37. The molecule has 0 bridgehead atoms. The fourth-order valence-electron chi connectivity index (χ4n) is 3.94. The first-order chi connectivity index (χ1) is 16.0. The van der Waals surface area contributed by atoms with Gasteiger partial charge in [-0.2, -0.15) is 0 Å². The molecule has 1 aliphatic heterocycles. The molecule has 0 atom stereocenters. The van der Waals surface area contributed by atoms with Crippen molar-refractivity contribution in [1.29, 1.82) is 0 Å². The van der Waals surface area contributed by atoms with Crippen molar-refractivity contribution in [3.05, 3.63) is 95.1 Å². The summed E-state index contributed by atoms with van der Waals surface area (Å²) in [4.78, 5) is 29.3. The van der Waals surface area contributed by atoms with Crippen molar-refractivity contribution in [2.24, 2.45) is 0 Å². The van der Waals surface area contributed by atoms with Crippen LogP contribution in [-0.4, -0.2) is 37.0 Å². The van der Waals surface area contributed by atoms with Gasteiger partial charge < -0.3 is 15.0 Å². The Bertz CT molecular complexity index is 1110. The Kier molecular flexibility index (Phi) is 6.93. The molecule has 1 heterocycles. The van der Waals surface area contributed by atoms with Gasteiger partial charge in [0.1, 0.15) is 5.75 Å². The number of amides is 3. The third kappa shape index (κ3) is 5.52. The molecule has 6 nitrogen and oxygen atoms in total. The molecule has 170 valence electrons. The van der Waals surface area contributed by atoms with Gasteiger partial charge in [-0.3, -0.25) is 9.69 Å². The second-order valence-electron chi connectivity index (χ2n) is 8.28. The Morgan fingerprint density at radius 3 is 2.45 bits per heavy atom. The number of ether oxygens (including phenoxy) is 1. The van der Waals surface area contributed by atoms with Gasteiger partial charge in [-0.15, -0.1) is 0 Å². The largest absolute Gasteiger partial charge is 0.497 e. The lowest BCUT2D eigenvalue weighted by atomic mass is 10.1. The summed E-state index contributed by atoms with van der Waals surface area (Å²) >= 11 is 0. The number of urea groups is 1. The third-order valence-corrected chi connectivity index (χ3v) is 5.83. The summed E-state index contributed by atoms with van der Waals surface area (Å²) in [6, 6.07) is 23.1. The lowest BCUT2D eigenvalue weighted by Crippen LogP contribution is -2.49. The first-order valence-electron chi connectivity index (χ1n) is 11.2. The molecule has 3 aromatic rings. The zero-order valence-corrected chi connectivity index (χ0v) is 19.1. The Hall–Kier alpha value is -3.80. The van der Waals surface area contributed by atoms with Gasteiger partial charge in [0.2, 0.25) is 0 Å². The average Bonchev–Trinajstić information content (AvgIpc) is 2.85. The van der Waals surface area contributed by atoms with Crippen LogP contribution in [0.3, 0.4) is 0 Å². The zero-order chi connectivity index (χ0) is 23.2. The van der Waals surface area contributed by atoms with E-state index in [2.05, 4.69) is 36.5 Å². The molecule has 0 radical (unpaired) electrons. The minimum absolute atomic E-state index is 0.00273. The molecule has 0 saturated carbocycles. The van der Waals surface area contributed by atoms with Crippen LogP contribution in [0, 0.1) is 6.92 Å². The van der Waals surface area contributed by atoms with Crippen molar-refractivity contribution >= 4 is 17.6 Å². The van der Waals surface area contributed by atoms with E-state index in [-0.39, 0.29) is 11.9 Å². The van der Waals surface area contributed by atoms with Gasteiger partial charge in [0, 0.05) is 37.4 Å². The van der Waals surface area contributed by atoms with Crippen LogP contribution in [0.1, 0.15) is 33.5 Å². The van der Waals surface area contributed by atoms with E-state index in [1.54, 1.807) is 24.1 Å². The maximum atomic E-state index is 13.1. The van der Waals surface area contributed by atoms with E-state index in [0.29, 0.717) is 25.2 Å². The van der Waals surface area contributed by atoms with E-state index in [9.17, 15) is 9.59 Å². The molecule has 0 spiro atoms. The number of rotatable bonds is 7. The molecule has 0 aromatic heterocycles. The maximum Gasteiger partial charge on any atom is 0.324 e. The van der Waals surface area contributed by atoms with E-state index in [1.807, 2.05) is 41.3 Å². The number of hydrogen-bond donors (Lipinski definition) is 1. The van der Waals surface area contributed by atoms with E-state index < -0.39 is 0 Å². The lowest BCUT2D eigenvalue weighted by Gasteiger charge is -2.35. The molecule has 6 heteroatoms. The van der Waals surface area contributed by atoms with Crippen molar-refractivity contribution in [2.75, 3.05) is 25.1 Å². The summed E-state index contributed by atoms with van der Waals surface area (Å²) in [6.07, 6.45) is 0.903. The van der Waals surface area contributed by atoms with E-state index in [0.717, 1.165) is 35.5 Å². The average molecular weight is 444 g/mol. The topological polar surface area (TPSA) is 61.9 Å². The van der Waals surface area contributed by atoms with Crippen LogP contribution in [0.2, 0.25) is 0 Å². The molecular formula is C27H29N3O3. The molecule has 1 fully saturated rings. The number of nitrogens with one attached hydrogen (secondary N) is 1. The highest BCUT2D eigenvalue weighted by atomic mass is 16.5. The second kappa shape index (κ2) is 10.2. The van der Waals surface area contributed by atoms with Crippen LogP contribution in [0.5, 0.6) is 5.75 Å². The van der Waals surface area contributed by atoms with Crippen molar-refractivity contribution in [2.45, 2.75) is 26.4 Å². The van der Waals surface area contributed by atoms with E-state index in [1.165, 1.54) is 5.56 Å². The predicted octanol–water partition coefficient (Wildman–Crippen LogP) is 4.77. The highest BCUT2D eigenvalue weighted by molar-refractivity contribution is 5.96. The fraction of sp³-hybridized carbons (Fsp3) is 0.259. The number of aryl methyl sites for hydroxylation is 1. The summed E-state index contributed by atoms with van der Waals surface area (Å²) in [5, 5.41) is 2.93. The lowest BCUT2D eigenvalue weighted by molar-refractivity contribution is 0.0951. The Morgan fingerprint density at radius 2 is 1.73 bits per heavy atom. The summed E-state index contributed by atoms with van der Waals surface area (Å²) in [5.41, 5.74) is 4.66. The molecule has 3 amide bonds. The predicted molar refractivity (Wildman–Crippen MR) is 130 cm³/mol. The molecule has 33 heavy (non-hydrogen) atoms. The SMILES string of the molecule is COc1cccc(CNC(=O)c2ccc(N3CCCN(Cc4ccc(C)cc4)C3=O)cc2)c1. The monoisotopic (exact) mass is 443 g/mol. The molecular weight excluding hydrogens is 414 g/mol. The molecule has 4 rings (SSSR count). The normalized spacial score (nSPS) is 13.7. The number of carbonyl (C=O) groups is 2. The number of nitrogens with zero attached hydrogens (tertiary/aromatic N) is 2. The summed E-state index contributed by atoms with van der Waals surface area (Å²) in [7, 11) is 1.62. The van der Waals surface area contributed by atoms with Gasteiger partial charge in [-0.1, -0.05) is 42.0 Å². The first-order valence-corrected chi connectivity index (χ1v) is 11.2. The third-order valence-electron chi connectivity index (χ3n) is 5.83. The molecule has 1 aliphatic rings. The molecule has 1 saturated heterocycles. The highest BCUT2D eigenvalue weighted by Crippen LogP contribution is 2.22. The molecule has 0 unspecified atom stereocenters. The fourth-order valence-corrected chi connectivity index (χ4v) is 3.94. The van der Waals surface area contributed by atoms with Crippen LogP contribution in [-0.2, 0) is 13.1 Å². The van der Waals surface area contributed by atoms with E-state index in [4.69, 9.17) is 4.74 Å². The van der Waals surface area contributed by atoms with Crippen molar-refractivity contribution in [3.63, 3.8) is 0 Å². The smallest absolute Gasteiger partial charge is 0.324 e. The van der Waals surface area contributed by atoms with Crippen LogP contribution < -0.4 is 15.0 Å². The van der Waals surface area contributed by atoms with Gasteiger partial charge in [-0.25, -0.2) is 4.79 Å². The van der Waals surface area contributed by atoms with Crippen LogP contribution in [0.4, 0.5) is 10.5 Å². The van der Waals surface area contributed by atoms with E-state index >= 15 is 0 Å². The number of methoxy groups -OCH3 is 1. The Morgan fingerprint density at radius 1 is 0.970 bits per heavy atom. The van der Waals surface area contributed by atoms with Crippen molar-refractivity contribution in [3.8, 4) is 5.75 Å². The van der Waals surface area contributed by atoms with Gasteiger partial charge >= 0.3 is 6.03 Å². The van der Waals surface area contributed by atoms with Gasteiger partial charge in [0.05, 0.1) is 7.11 Å². The number of anilines is 1. The van der Waals surface area contributed by atoms with Gasteiger partial charge in [-0.05, 0) is 60.9 Å². The molecule has 1 N–H and O–H groups in total. The van der Waals surface area contributed by atoms with Crippen LogP contribution in [0.15, 0.2) is 72.8 Å². The summed E-state index contributed by atoms with van der Waals surface area (Å²) in [5.74, 6) is 0.601. The van der Waals surface area contributed by atoms with Gasteiger partial charge in [0.15, 0.2) is 0 Å². The summed E-state index contributed by atoms with van der Waals surface area (Å²) in [6.45, 7) is 4.48. The van der Waals surface area contributed by atoms with Crippen LogP contribution in [0.25, 0.3) is 0 Å². The maximum absolute atomic E-state index is 13.1. The standard InChI is InChI=1S/C27H29N3O3/c1-20-7-9-21(10-8-20)19-29-15-4-16-30(27(29)32)24-13-11-23(12-14-24)26(31)28-18-22-5-3-6-25(17-22)33-2/h3,5-14,17H,4,15-16,18-19H2,1-2H3,(H,28,31). The van der Waals surface area contributed by atoms with Crippen LogP contribution >= 0.6 is 0 Å². The highest BCUT2D eigenvalue weighted by Gasteiger charge is 2.26. The number of benzene rings is 3. The summed E-state index contributed by atoms with van der Waals surface area (Å²) < 4.78 is 5.22. The van der Waals surface area contributed by atoms with Crippen molar-refractivity contribution < 1.29 is 14.3 Å². The molecule has 3 aromatic carbocycles. The minimum atomic E-state index is -0.157. The first kappa shape index (κ1) is 22.4. The van der Waals surface area contributed by atoms with Crippen molar-refractivity contribution in [1.82, 2.24) is 10.2 Å². The number of hydrogen-bond acceptors (Lipinski definition) is 3. The van der Waals surface area contributed by atoms with Gasteiger partial charge in [0.25, 0.3) is 5.91 Å². The second-order valence-corrected chi connectivity index (χ2v) is 8.28. The molecule has 0 aliphatic carbocycles. The quantitative estimate of drug-likeness (QED) is 0.572.